The first-order valence-electron chi connectivity index (χ1n) is 9.86. The fourth-order valence-electron chi connectivity index (χ4n) is 3.42. The van der Waals surface area contributed by atoms with Crippen LogP contribution in [0.4, 0.5) is 10.1 Å². The molecule has 0 unspecified atom stereocenters. The maximum absolute atomic E-state index is 13.1. The Balaban J connectivity index is 1.36. The molecule has 4 rings (SSSR count). The van der Waals surface area contributed by atoms with Crippen molar-refractivity contribution in [1.29, 1.82) is 0 Å². The number of hydrogen-bond acceptors (Lipinski definition) is 5. The van der Waals surface area contributed by atoms with Crippen molar-refractivity contribution in [3.8, 4) is 0 Å². The average Bonchev–Trinajstić information content (AvgIpc) is 3.29. The molecule has 2 aromatic carbocycles. The molecule has 0 radical (unpaired) electrons. The minimum Gasteiger partial charge on any atom is -0.369 e. The quantitative estimate of drug-likeness (QED) is 0.614. The van der Waals surface area contributed by atoms with Crippen molar-refractivity contribution in [1.82, 2.24) is 9.62 Å². The van der Waals surface area contributed by atoms with Crippen LogP contribution in [0.5, 0.6) is 0 Å². The van der Waals surface area contributed by atoms with Gasteiger partial charge in [-0.25, -0.2) is 12.8 Å². The Hall–Kier alpha value is -2.75. The van der Waals surface area contributed by atoms with Crippen molar-refractivity contribution in [2.24, 2.45) is 0 Å². The monoisotopic (exact) mass is 459 g/mol. The number of carbonyl (C=O) groups excluding carboxylic acids is 1. The highest BCUT2D eigenvalue weighted by Crippen LogP contribution is 2.27. The predicted octanol–water partition coefficient (Wildman–Crippen LogP) is 3.33. The maximum atomic E-state index is 13.1. The molecule has 1 N–H and O–H groups in total. The van der Waals surface area contributed by atoms with Gasteiger partial charge in [-0.1, -0.05) is 18.2 Å². The summed E-state index contributed by atoms with van der Waals surface area (Å²) >= 11 is 1.17. The summed E-state index contributed by atoms with van der Waals surface area (Å²) in [6.07, 6.45) is 0. The molecule has 0 spiro atoms. The van der Waals surface area contributed by atoms with E-state index in [1.165, 1.54) is 27.8 Å². The SMILES string of the molecule is O=C(NCc1ccc(S(=O)(=O)N2CCN(c3ccc(F)cc3)CC2)s1)c1ccccc1. The zero-order valence-corrected chi connectivity index (χ0v) is 18.3. The second-order valence-corrected chi connectivity index (χ2v) is 10.5. The van der Waals surface area contributed by atoms with Crippen LogP contribution in [-0.4, -0.2) is 44.8 Å². The van der Waals surface area contributed by atoms with Crippen LogP contribution in [0.1, 0.15) is 15.2 Å². The Morgan fingerprint density at radius 2 is 1.61 bits per heavy atom. The van der Waals surface area contributed by atoms with Crippen molar-refractivity contribution in [2.75, 3.05) is 31.1 Å². The Morgan fingerprint density at radius 1 is 0.935 bits per heavy atom. The van der Waals surface area contributed by atoms with Crippen LogP contribution in [0.15, 0.2) is 70.9 Å². The summed E-state index contributed by atoms with van der Waals surface area (Å²) in [4.78, 5) is 15.0. The lowest BCUT2D eigenvalue weighted by molar-refractivity contribution is 0.0951. The molecule has 162 valence electrons. The lowest BCUT2D eigenvalue weighted by Crippen LogP contribution is -2.48. The van der Waals surface area contributed by atoms with Crippen LogP contribution in [-0.2, 0) is 16.6 Å². The van der Waals surface area contributed by atoms with Gasteiger partial charge in [-0.2, -0.15) is 4.31 Å². The number of hydrogen-bond donors (Lipinski definition) is 1. The number of sulfonamides is 1. The van der Waals surface area contributed by atoms with E-state index in [1.54, 1.807) is 48.5 Å². The number of thiophene rings is 1. The molecule has 2 heterocycles. The van der Waals surface area contributed by atoms with Gasteiger partial charge in [-0.05, 0) is 48.5 Å². The summed E-state index contributed by atoms with van der Waals surface area (Å²) in [6, 6.07) is 18.4. The van der Waals surface area contributed by atoms with E-state index in [2.05, 4.69) is 5.32 Å². The average molecular weight is 460 g/mol. The van der Waals surface area contributed by atoms with Gasteiger partial charge in [-0.15, -0.1) is 11.3 Å². The number of anilines is 1. The maximum Gasteiger partial charge on any atom is 0.252 e. The molecular weight excluding hydrogens is 437 g/mol. The minimum atomic E-state index is -3.59. The highest BCUT2D eigenvalue weighted by molar-refractivity contribution is 7.91. The molecular formula is C22H22FN3O3S2. The third-order valence-corrected chi connectivity index (χ3v) is 8.57. The molecule has 0 aliphatic carbocycles. The number of carbonyl (C=O) groups is 1. The smallest absolute Gasteiger partial charge is 0.252 e. The fraction of sp³-hybridized carbons (Fsp3) is 0.227. The second kappa shape index (κ2) is 9.17. The summed E-state index contributed by atoms with van der Waals surface area (Å²) < 4.78 is 40.9. The van der Waals surface area contributed by atoms with E-state index in [1.807, 2.05) is 11.0 Å². The van der Waals surface area contributed by atoms with Crippen LogP contribution in [0, 0.1) is 5.82 Å². The van der Waals surface area contributed by atoms with Gasteiger partial charge in [-0.3, -0.25) is 4.79 Å². The molecule has 0 atom stereocenters. The van der Waals surface area contributed by atoms with Gasteiger partial charge in [0.05, 0.1) is 6.54 Å². The zero-order chi connectivity index (χ0) is 21.8. The lowest BCUT2D eigenvalue weighted by atomic mass is 10.2. The Bertz CT molecular complexity index is 1140. The van der Waals surface area contributed by atoms with Crippen molar-refractivity contribution in [2.45, 2.75) is 10.8 Å². The molecule has 31 heavy (non-hydrogen) atoms. The molecule has 3 aromatic rings. The Morgan fingerprint density at radius 3 is 2.29 bits per heavy atom. The molecule has 6 nitrogen and oxygen atoms in total. The topological polar surface area (TPSA) is 69.7 Å². The van der Waals surface area contributed by atoms with E-state index in [4.69, 9.17) is 0 Å². The first kappa shape index (κ1) is 21.5. The molecule has 0 saturated carbocycles. The van der Waals surface area contributed by atoms with E-state index < -0.39 is 10.0 Å². The number of amides is 1. The first-order valence-corrected chi connectivity index (χ1v) is 12.1. The number of nitrogens with one attached hydrogen (secondary N) is 1. The molecule has 0 bridgehead atoms. The molecule has 1 saturated heterocycles. The predicted molar refractivity (Wildman–Crippen MR) is 119 cm³/mol. The van der Waals surface area contributed by atoms with Crippen molar-refractivity contribution >= 4 is 33.0 Å². The van der Waals surface area contributed by atoms with E-state index in [9.17, 15) is 17.6 Å². The Kier molecular flexibility index (Phi) is 6.35. The molecule has 1 aliphatic heterocycles. The zero-order valence-electron chi connectivity index (χ0n) is 16.7. The van der Waals surface area contributed by atoms with Gasteiger partial charge < -0.3 is 10.2 Å². The third kappa shape index (κ3) is 4.95. The van der Waals surface area contributed by atoms with Gasteiger partial charge in [0.2, 0.25) is 0 Å². The first-order chi connectivity index (χ1) is 14.9. The van der Waals surface area contributed by atoms with Crippen LogP contribution in [0.25, 0.3) is 0 Å². The molecule has 1 fully saturated rings. The van der Waals surface area contributed by atoms with Gasteiger partial charge in [0.25, 0.3) is 15.9 Å². The largest absolute Gasteiger partial charge is 0.369 e. The van der Waals surface area contributed by atoms with E-state index in [0.29, 0.717) is 31.7 Å². The van der Waals surface area contributed by atoms with Crippen LogP contribution >= 0.6 is 11.3 Å². The van der Waals surface area contributed by atoms with E-state index in [0.717, 1.165) is 10.6 Å². The van der Waals surface area contributed by atoms with Gasteiger partial charge in [0, 0.05) is 42.3 Å². The fourth-order valence-corrected chi connectivity index (χ4v) is 6.29. The number of halogens is 1. The number of rotatable bonds is 6. The van der Waals surface area contributed by atoms with Gasteiger partial charge >= 0.3 is 0 Å². The highest BCUT2D eigenvalue weighted by atomic mass is 32.2. The van der Waals surface area contributed by atoms with Gasteiger partial charge in [0.15, 0.2) is 0 Å². The molecule has 1 aromatic heterocycles. The van der Waals surface area contributed by atoms with E-state index >= 15 is 0 Å². The molecule has 1 aliphatic rings. The molecule has 1 amide bonds. The van der Waals surface area contributed by atoms with Crippen LogP contribution < -0.4 is 10.2 Å². The molecule has 9 heteroatoms. The Labute approximate surface area is 185 Å². The van der Waals surface area contributed by atoms with Crippen molar-refractivity contribution in [3.63, 3.8) is 0 Å². The second-order valence-electron chi connectivity index (χ2n) is 7.14. The summed E-state index contributed by atoms with van der Waals surface area (Å²) in [5.41, 5.74) is 1.44. The summed E-state index contributed by atoms with van der Waals surface area (Å²) in [6.45, 7) is 2.06. The number of nitrogens with zero attached hydrogens (tertiary/aromatic N) is 2. The van der Waals surface area contributed by atoms with E-state index in [-0.39, 0.29) is 22.5 Å². The summed E-state index contributed by atoms with van der Waals surface area (Å²) in [5.74, 6) is -0.492. The summed E-state index contributed by atoms with van der Waals surface area (Å²) in [7, 11) is -3.59. The third-order valence-electron chi connectivity index (χ3n) is 5.12. The van der Waals surface area contributed by atoms with Crippen LogP contribution in [0.2, 0.25) is 0 Å². The summed E-state index contributed by atoms with van der Waals surface area (Å²) in [5, 5.41) is 2.82. The lowest BCUT2D eigenvalue weighted by Gasteiger charge is -2.35. The number of benzene rings is 2. The number of piperazine rings is 1. The standard InChI is InChI=1S/C22H22FN3O3S2/c23-18-6-8-19(9-7-18)25-12-14-26(15-13-25)31(28,29)21-11-10-20(30-21)16-24-22(27)17-4-2-1-3-5-17/h1-11H,12-16H2,(H,24,27). The van der Waals surface area contributed by atoms with Crippen molar-refractivity contribution in [3.05, 3.63) is 83.0 Å². The minimum absolute atomic E-state index is 0.199. The highest BCUT2D eigenvalue weighted by Gasteiger charge is 2.29. The van der Waals surface area contributed by atoms with Crippen LogP contribution in [0.3, 0.4) is 0 Å². The van der Waals surface area contributed by atoms with Gasteiger partial charge in [0.1, 0.15) is 10.0 Å². The normalized spacial score (nSPS) is 15.1. The van der Waals surface area contributed by atoms with Crippen molar-refractivity contribution < 1.29 is 17.6 Å².